The van der Waals surface area contributed by atoms with E-state index >= 15 is 0 Å². The summed E-state index contributed by atoms with van der Waals surface area (Å²) in [7, 11) is 0. The van der Waals surface area contributed by atoms with Crippen molar-refractivity contribution in [3.05, 3.63) is 55.2 Å². The molecule has 1 aliphatic rings. The lowest BCUT2D eigenvalue weighted by Gasteiger charge is -2.13. The van der Waals surface area contributed by atoms with Gasteiger partial charge >= 0.3 is 0 Å². The number of aliphatic hydroxyl groups excluding tert-OH is 1. The number of hydrogen-bond donors (Lipinski definition) is 4. The zero-order valence-corrected chi connectivity index (χ0v) is 16.0. The molecule has 5 aromatic heterocycles. The van der Waals surface area contributed by atoms with Crippen LogP contribution in [0.5, 0.6) is 0 Å². The van der Waals surface area contributed by atoms with E-state index in [2.05, 4.69) is 35.5 Å². The summed E-state index contributed by atoms with van der Waals surface area (Å²) < 4.78 is 0. The number of H-pyrrole nitrogens is 2. The van der Waals surface area contributed by atoms with E-state index in [0.717, 1.165) is 63.0 Å². The normalized spacial score (nSPS) is 15.0. The Morgan fingerprint density at radius 3 is 2.83 bits per heavy atom. The molecule has 1 aliphatic carbocycles. The van der Waals surface area contributed by atoms with Gasteiger partial charge in [0, 0.05) is 46.4 Å². The summed E-state index contributed by atoms with van der Waals surface area (Å²) in [5, 5.41) is 22.9. The fraction of sp³-hybridized carbons (Fsp3) is 0.182. The summed E-state index contributed by atoms with van der Waals surface area (Å²) in [6.45, 7) is 0. The molecule has 5 heterocycles. The van der Waals surface area contributed by atoms with Gasteiger partial charge in [0.2, 0.25) is 0 Å². The van der Waals surface area contributed by atoms with Crippen LogP contribution in [0.15, 0.2) is 55.2 Å². The Labute approximate surface area is 171 Å². The molecule has 0 saturated heterocycles. The highest BCUT2D eigenvalue weighted by Gasteiger charge is 2.29. The van der Waals surface area contributed by atoms with E-state index in [0.29, 0.717) is 5.92 Å². The van der Waals surface area contributed by atoms with Crippen LogP contribution in [0.2, 0.25) is 0 Å². The maximum atomic E-state index is 10.2. The molecular formula is C22H19N7O. The Balaban J connectivity index is 1.39. The number of rotatable bonds is 5. The van der Waals surface area contributed by atoms with Gasteiger partial charge in [-0.3, -0.25) is 20.1 Å². The maximum absolute atomic E-state index is 10.2. The topological polar surface area (TPSA) is 115 Å². The first-order valence-electron chi connectivity index (χ1n) is 9.92. The number of nitrogens with zero attached hydrogens (tertiary/aromatic N) is 4. The van der Waals surface area contributed by atoms with Crippen molar-refractivity contribution in [1.29, 1.82) is 0 Å². The molecule has 4 N–H and O–H groups in total. The van der Waals surface area contributed by atoms with Crippen molar-refractivity contribution in [3.63, 3.8) is 0 Å². The quantitative estimate of drug-likeness (QED) is 0.336. The van der Waals surface area contributed by atoms with Gasteiger partial charge in [0.05, 0.1) is 35.0 Å². The largest absolute Gasteiger partial charge is 0.374 e. The first-order valence-corrected chi connectivity index (χ1v) is 9.92. The van der Waals surface area contributed by atoms with E-state index < -0.39 is 6.23 Å². The summed E-state index contributed by atoms with van der Waals surface area (Å²) >= 11 is 0. The van der Waals surface area contributed by atoms with Crippen molar-refractivity contribution < 1.29 is 5.11 Å². The van der Waals surface area contributed by atoms with Crippen LogP contribution in [-0.4, -0.2) is 41.5 Å². The summed E-state index contributed by atoms with van der Waals surface area (Å²) in [4.78, 5) is 16.5. The van der Waals surface area contributed by atoms with Crippen molar-refractivity contribution in [3.8, 4) is 22.6 Å². The van der Waals surface area contributed by atoms with Gasteiger partial charge < -0.3 is 15.4 Å². The van der Waals surface area contributed by atoms with Crippen LogP contribution in [0.4, 0.5) is 5.69 Å². The molecule has 0 spiro atoms. The second kappa shape index (κ2) is 6.64. The molecule has 0 amide bonds. The average molecular weight is 397 g/mol. The Bertz CT molecular complexity index is 1340. The monoisotopic (exact) mass is 397 g/mol. The van der Waals surface area contributed by atoms with E-state index in [4.69, 9.17) is 0 Å². The predicted octanol–water partition coefficient (Wildman–Crippen LogP) is 3.70. The molecular weight excluding hydrogens is 378 g/mol. The van der Waals surface area contributed by atoms with Crippen molar-refractivity contribution >= 4 is 27.5 Å². The molecule has 1 fully saturated rings. The molecule has 1 saturated carbocycles. The summed E-state index contributed by atoms with van der Waals surface area (Å²) in [6, 6.07) is 7.96. The number of anilines is 1. The Morgan fingerprint density at radius 2 is 1.97 bits per heavy atom. The molecule has 8 heteroatoms. The highest BCUT2D eigenvalue weighted by Crippen LogP contribution is 2.34. The first kappa shape index (κ1) is 17.1. The molecule has 0 bridgehead atoms. The lowest BCUT2D eigenvalue weighted by molar-refractivity contribution is 0.180. The van der Waals surface area contributed by atoms with Crippen LogP contribution in [0.3, 0.4) is 0 Å². The van der Waals surface area contributed by atoms with Crippen molar-refractivity contribution in [1.82, 2.24) is 30.1 Å². The van der Waals surface area contributed by atoms with Crippen LogP contribution < -0.4 is 5.32 Å². The van der Waals surface area contributed by atoms with Crippen LogP contribution in [-0.2, 0) is 0 Å². The zero-order valence-electron chi connectivity index (χ0n) is 16.0. The number of hydrogen-bond acceptors (Lipinski definition) is 6. The van der Waals surface area contributed by atoms with Gasteiger partial charge in [-0.2, -0.15) is 5.10 Å². The molecule has 1 unspecified atom stereocenters. The fourth-order valence-corrected chi connectivity index (χ4v) is 3.74. The second-order valence-corrected chi connectivity index (χ2v) is 7.72. The Morgan fingerprint density at radius 1 is 1.03 bits per heavy atom. The molecule has 0 aromatic carbocycles. The highest BCUT2D eigenvalue weighted by molar-refractivity contribution is 5.96. The minimum Gasteiger partial charge on any atom is -0.374 e. The number of aliphatic hydroxyl groups is 1. The lowest BCUT2D eigenvalue weighted by atomic mass is 10.1. The third kappa shape index (κ3) is 2.98. The minimum atomic E-state index is -0.533. The van der Waals surface area contributed by atoms with Gasteiger partial charge in [-0.1, -0.05) is 0 Å². The summed E-state index contributed by atoms with van der Waals surface area (Å²) in [5.74, 6) is 0.336. The SMILES string of the molecule is OC(Nc1cncc(-c2cc3c(-c4cc5cnccc5[nH]4)n[nH]c3cn2)c1)C1CC1. The van der Waals surface area contributed by atoms with E-state index in [1.165, 1.54) is 0 Å². The minimum absolute atomic E-state index is 0.336. The number of nitrogens with one attached hydrogen (secondary N) is 3. The van der Waals surface area contributed by atoms with E-state index in [-0.39, 0.29) is 0 Å². The Hall–Kier alpha value is -3.78. The molecule has 5 aromatic rings. The molecule has 0 radical (unpaired) electrons. The van der Waals surface area contributed by atoms with E-state index in [1.54, 1.807) is 24.8 Å². The van der Waals surface area contributed by atoms with Gasteiger partial charge in [0.1, 0.15) is 11.9 Å². The van der Waals surface area contributed by atoms with Crippen LogP contribution >= 0.6 is 0 Å². The van der Waals surface area contributed by atoms with E-state index in [9.17, 15) is 5.11 Å². The van der Waals surface area contributed by atoms with Gasteiger partial charge in [0.15, 0.2) is 0 Å². The van der Waals surface area contributed by atoms with Crippen LogP contribution in [0.25, 0.3) is 44.5 Å². The third-order valence-electron chi connectivity index (χ3n) is 5.54. The van der Waals surface area contributed by atoms with Crippen molar-refractivity contribution in [2.24, 2.45) is 5.92 Å². The van der Waals surface area contributed by atoms with Gasteiger partial charge in [-0.25, -0.2) is 0 Å². The molecule has 30 heavy (non-hydrogen) atoms. The number of aromatic nitrogens is 6. The summed E-state index contributed by atoms with van der Waals surface area (Å²) in [6.07, 6.45) is 10.5. The molecule has 148 valence electrons. The second-order valence-electron chi connectivity index (χ2n) is 7.72. The molecule has 8 nitrogen and oxygen atoms in total. The van der Waals surface area contributed by atoms with Crippen LogP contribution in [0, 0.1) is 5.92 Å². The lowest BCUT2D eigenvalue weighted by Crippen LogP contribution is -2.20. The Kier molecular flexibility index (Phi) is 3.78. The summed E-state index contributed by atoms with van der Waals surface area (Å²) in [5.41, 5.74) is 6.07. The van der Waals surface area contributed by atoms with Crippen LogP contribution in [0.1, 0.15) is 12.8 Å². The van der Waals surface area contributed by atoms with Gasteiger partial charge in [0.25, 0.3) is 0 Å². The fourth-order valence-electron chi connectivity index (χ4n) is 3.74. The maximum Gasteiger partial charge on any atom is 0.127 e. The smallest absolute Gasteiger partial charge is 0.127 e. The molecule has 6 rings (SSSR count). The standard InChI is InChI=1S/C22H19N7O/c30-22(12-1-2-12)26-15-5-13(9-24-10-15)18-7-16-20(11-25-18)28-29-21(16)19-6-14-8-23-4-3-17(14)27-19/h3-12,22,26-27,30H,1-2H2,(H,28,29). The van der Waals surface area contributed by atoms with E-state index in [1.807, 2.05) is 30.5 Å². The average Bonchev–Trinajstić information content (AvgIpc) is 3.40. The van der Waals surface area contributed by atoms with Gasteiger partial charge in [-0.05, 0) is 37.1 Å². The first-order chi connectivity index (χ1) is 14.7. The third-order valence-corrected chi connectivity index (χ3v) is 5.54. The van der Waals surface area contributed by atoms with Crippen molar-refractivity contribution in [2.45, 2.75) is 19.1 Å². The number of aromatic amines is 2. The predicted molar refractivity (Wildman–Crippen MR) is 115 cm³/mol. The number of fused-ring (bicyclic) bond motifs is 2. The number of pyridine rings is 3. The molecule has 0 aliphatic heterocycles. The molecule has 1 atom stereocenters. The van der Waals surface area contributed by atoms with Crippen molar-refractivity contribution in [2.75, 3.05) is 5.32 Å². The van der Waals surface area contributed by atoms with Gasteiger partial charge in [-0.15, -0.1) is 0 Å². The zero-order chi connectivity index (χ0) is 20.1. The highest BCUT2D eigenvalue weighted by atomic mass is 16.3.